The first-order chi connectivity index (χ1) is 32.0. The molecule has 0 radical (unpaired) electrons. The Balaban J connectivity index is 0.884. The number of halogens is 1. The van der Waals surface area contributed by atoms with Crippen LogP contribution in [0.3, 0.4) is 0 Å². The molecule has 7 aromatic carbocycles. The summed E-state index contributed by atoms with van der Waals surface area (Å²) in [6, 6.07) is 37.4. The van der Waals surface area contributed by atoms with Gasteiger partial charge in [0.15, 0.2) is 17.1 Å². The van der Waals surface area contributed by atoms with Crippen LogP contribution in [0.25, 0.3) is 49.4 Å². The van der Waals surface area contributed by atoms with Crippen molar-refractivity contribution in [1.82, 2.24) is 45.0 Å². The molecule has 16 heteroatoms. The van der Waals surface area contributed by atoms with Gasteiger partial charge in [0.2, 0.25) is 0 Å². The minimum absolute atomic E-state index is 0.0631. The highest BCUT2D eigenvalue weighted by Gasteiger charge is 2.23. The molecule has 3 heterocycles. The summed E-state index contributed by atoms with van der Waals surface area (Å²) in [5.74, 6) is -1.34. The van der Waals surface area contributed by atoms with E-state index in [9.17, 15) is 14.4 Å². The van der Waals surface area contributed by atoms with E-state index in [1.807, 2.05) is 54.6 Å². The molecule has 0 fully saturated rings. The Kier molecular flexibility index (Phi) is 10.6. The van der Waals surface area contributed by atoms with Crippen LogP contribution < -0.4 is 16.0 Å². The van der Waals surface area contributed by atoms with Crippen molar-refractivity contribution in [3.05, 3.63) is 166 Å². The maximum Gasteiger partial charge on any atom is 0.277 e. The Bertz CT molecular complexity index is 3540. The lowest BCUT2D eigenvalue weighted by Gasteiger charge is -2.21. The van der Waals surface area contributed by atoms with E-state index in [2.05, 4.69) is 160 Å². The number of aromatic nitrogens is 9. The number of nitrogens with one attached hydrogen (secondary N) is 3. The standard InChI is InChI=1S/C51H43IN12O3/c1-50(2,3)32-20-36(24-38(22-32)62-26-41(56-59-62)47(65)53-35-16-14-34(52)15-17-35)54-48(66)42-27-63(60-57-42)39-23-33(51(4,5)6)21-37(25-39)55-49(67)43-28-64(61-58-43)44-19-13-31-11-10-29-8-7-9-30-12-18-40(44)46(31)45(29)30/h7-28H,1-6H3,(H,53,65)(H,54,66)(H,55,67). The van der Waals surface area contributed by atoms with E-state index in [0.717, 1.165) is 47.3 Å². The van der Waals surface area contributed by atoms with Crippen LogP contribution in [0.2, 0.25) is 0 Å². The number of hydrogen-bond acceptors (Lipinski definition) is 9. The Morgan fingerprint density at radius 1 is 0.478 bits per heavy atom. The first-order valence-corrected chi connectivity index (χ1v) is 22.6. The van der Waals surface area contributed by atoms with E-state index in [4.69, 9.17) is 0 Å². The molecule has 332 valence electrons. The Morgan fingerprint density at radius 2 is 0.910 bits per heavy atom. The minimum Gasteiger partial charge on any atom is -0.321 e. The topological polar surface area (TPSA) is 179 Å². The number of rotatable bonds is 9. The second-order valence-corrected chi connectivity index (χ2v) is 19.7. The van der Waals surface area contributed by atoms with Gasteiger partial charge in [0, 0.05) is 26.0 Å². The van der Waals surface area contributed by atoms with E-state index in [-0.39, 0.29) is 27.9 Å². The second-order valence-electron chi connectivity index (χ2n) is 18.5. The summed E-state index contributed by atoms with van der Waals surface area (Å²) in [7, 11) is 0. The maximum absolute atomic E-state index is 13.8. The van der Waals surface area contributed by atoms with E-state index in [1.165, 1.54) is 20.9 Å². The molecular formula is C51H43IN12O3. The van der Waals surface area contributed by atoms with E-state index in [0.29, 0.717) is 28.4 Å². The van der Waals surface area contributed by atoms with Crippen LogP contribution in [0.15, 0.2) is 134 Å². The molecule has 3 amide bonds. The lowest BCUT2D eigenvalue weighted by molar-refractivity contribution is 0.101. The van der Waals surface area contributed by atoms with Gasteiger partial charge in [-0.2, -0.15) is 0 Å². The molecule has 0 unspecified atom stereocenters. The molecular weight excluding hydrogens is 956 g/mol. The Morgan fingerprint density at radius 3 is 1.42 bits per heavy atom. The molecule has 0 bridgehead atoms. The summed E-state index contributed by atoms with van der Waals surface area (Å²) >= 11 is 2.20. The molecule has 3 N–H and O–H groups in total. The number of nitrogens with zero attached hydrogens (tertiary/aromatic N) is 9. The van der Waals surface area contributed by atoms with Gasteiger partial charge in [0.25, 0.3) is 17.7 Å². The first kappa shape index (κ1) is 43.1. The summed E-state index contributed by atoms with van der Waals surface area (Å²) in [6.07, 6.45) is 4.71. The highest BCUT2D eigenvalue weighted by molar-refractivity contribution is 14.1. The van der Waals surface area contributed by atoms with Gasteiger partial charge in [0.05, 0.1) is 35.7 Å². The van der Waals surface area contributed by atoms with Crippen LogP contribution in [0.4, 0.5) is 17.1 Å². The molecule has 67 heavy (non-hydrogen) atoms. The van der Waals surface area contributed by atoms with Crippen molar-refractivity contribution in [2.45, 2.75) is 52.4 Å². The highest BCUT2D eigenvalue weighted by atomic mass is 127. The van der Waals surface area contributed by atoms with Crippen LogP contribution in [-0.4, -0.2) is 62.7 Å². The predicted molar refractivity (Wildman–Crippen MR) is 268 cm³/mol. The number of hydrogen-bond donors (Lipinski definition) is 3. The van der Waals surface area contributed by atoms with Crippen molar-refractivity contribution in [3.63, 3.8) is 0 Å². The van der Waals surface area contributed by atoms with E-state index >= 15 is 0 Å². The lowest BCUT2D eigenvalue weighted by atomic mass is 9.86. The molecule has 0 saturated heterocycles. The van der Waals surface area contributed by atoms with Crippen LogP contribution in [0, 0.1) is 3.57 Å². The smallest absolute Gasteiger partial charge is 0.277 e. The fourth-order valence-corrected chi connectivity index (χ4v) is 8.37. The Hall–Kier alpha value is -7.86. The third-order valence-corrected chi connectivity index (χ3v) is 12.4. The first-order valence-electron chi connectivity index (χ1n) is 21.5. The summed E-state index contributed by atoms with van der Waals surface area (Å²) in [5, 5.41) is 41.2. The quantitative estimate of drug-likeness (QED) is 0.0937. The van der Waals surface area contributed by atoms with Crippen molar-refractivity contribution in [2.75, 3.05) is 16.0 Å². The molecule has 0 aliphatic carbocycles. The molecule has 3 aromatic heterocycles. The molecule has 10 aromatic rings. The average Bonchev–Trinajstić information content (AvgIpc) is 4.11. The van der Waals surface area contributed by atoms with Crippen LogP contribution in [0.5, 0.6) is 0 Å². The fourth-order valence-electron chi connectivity index (χ4n) is 8.01. The fraction of sp³-hybridized carbons (Fsp3) is 0.157. The van der Waals surface area contributed by atoms with Gasteiger partial charge in [-0.1, -0.05) is 106 Å². The molecule has 15 nitrogen and oxygen atoms in total. The van der Waals surface area contributed by atoms with Gasteiger partial charge in [-0.15, -0.1) is 15.3 Å². The molecule has 0 aliphatic rings. The summed E-state index contributed by atoms with van der Waals surface area (Å²) in [6.45, 7) is 12.4. The van der Waals surface area contributed by atoms with Crippen molar-refractivity contribution < 1.29 is 14.4 Å². The average molecular weight is 999 g/mol. The van der Waals surface area contributed by atoms with Crippen LogP contribution in [-0.2, 0) is 10.8 Å². The number of benzene rings is 7. The predicted octanol–water partition coefficient (Wildman–Crippen LogP) is 10.3. The van der Waals surface area contributed by atoms with Gasteiger partial charge in [-0.3, -0.25) is 14.4 Å². The number of carbonyl (C=O) groups is 3. The maximum atomic E-state index is 13.8. The number of anilines is 3. The molecule has 0 atom stereocenters. The zero-order valence-corrected chi connectivity index (χ0v) is 39.5. The lowest BCUT2D eigenvalue weighted by Crippen LogP contribution is -2.16. The van der Waals surface area contributed by atoms with Gasteiger partial charge < -0.3 is 16.0 Å². The number of amides is 3. The summed E-state index contributed by atoms with van der Waals surface area (Å²) in [4.78, 5) is 40.7. The molecule has 0 saturated carbocycles. The molecule has 0 aliphatic heterocycles. The molecule has 10 rings (SSSR count). The van der Waals surface area contributed by atoms with Crippen LogP contribution >= 0.6 is 22.6 Å². The monoisotopic (exact) mass is 998 g/mol. The zero-order chi connectivity index (χ0) is 46.8. The SMILES string of the molecule is CC(C)(C)c1cc(NC(=O)c2cn(-c3cc(NC(=O)c4cn(-c5ccc6ccc7cccc8ccc5c6c78)nn4)cc(C(C)(C)C)c3)nn2)cc(-n2cc(C(=O)Nc3ccc(I)cc3)nn2)c1. The number of carbonyl (C=O) groups excluding carboxylic acids is 3. The summed E-state index contributed by atoms with van der Waals surface area (Å²) < 4.78 is 5.68. The largest absolute Gasteiger partial charge is 0.321 e. The van der Waals surface area contributed by atoms with Crippen molar-refractivity contribution >= 4 is 89.7 Å². The zero-order valence-electron chi connectivity index (χ0n) is 37.3. The van der Waals surface area contributed by atoms with Crippen molar-refractivity contribution in [3.8, 4) is 17.1 Å². The van der Waals surface area contributed by atoms with Gasteiger partial charge >= 0.3 is 0 Å². The third kappa shape index (κ3) is 8.58. The van der Waals surface area contributed by atoms with Gasteiger partial charge in [0.1, 0.15) is 0 Å². The van der Waals surface area contributed by atoms with Crippen molar-refractivity contribution in [1.29, 1.82) is 0 Å². The normalized spacial score (nSPS) is 12.0. The van der Waals surface area contributed by atoms with Gasteiger partial charge in [-0.25, -0.2) is 14.0 Å². The third-order valence-electron chi connectivity index (χ3n) is 11.6. The van der Waals surface area contributed by atoms with E-state index < -0.39 is 17.7 Å². The Labute approximate surface area is 398 Å². The summed E-state index contributed by atoms with van der Waals surface area (Å²) in [5.41, 5.74) is 5.13. The highest BCUT2D eigenvalue weighted by Crippen LogP contribution is 2.37. The van der Waals surface area contributed by atoms with Gasteiger partial charge in [-0.05, 0) is 138 Å². The van der Waals surface area contributed by atoms with Crippen molar-refractivity contribution in [2.24, 2.45) is 0 Å². The van der Waals surface area contributed by atoms with Crippen LogP contribution in [0.1, 0.15) is 84.1 Å². The van der Waals surface area contributed by atoms with E-state index in [1.54, 1.807) is 29.2 Å². The second kappa shape index (κ2) is 16.5. The minimum atomic E-state index is -0.493. The molecule has 0 spiro atoms.